The van der Waals surface area contributed by atoms with Crippen molar-refractivity contribution in [2.75, 3.05) is 5.73 Å². The second-order valence-electron chi connectivity index (χ2n) is 4.47. The van der Waals surface area contributed by atoms with E-state index in [1.54, 1.807) is 13.8 Å². The number of hydrogen-bond acceptors (Lipinski definition) is 4. The molecule has 0 aliphatic carbocycles. The summed E-state index contributed by atoms with van der Waals surface area (Å²) in [5.41, 5.74) is 8.00. The van der Waals surface area contributed by atoms with Gasteiger partial charge in [0.15, 0.2) is 5.89 Å². The zero-order valence-electron chi connectivity index (χ0n) is 11.2. The molecule has 0 spiro atoms. The Hall–Kier alpha value is -2.30. The van der Waals surface area contributed by atoms with Crippen LogP contribution in [0.15, 0.2) is 28.7 Å². The maximum atomic E-state index is 12.1. The number of oxazole rings is 1. The third kappa shape index (κ3) is 2.76. The van der Waals surface area contributed by atoms with Crippen LogP contribution in [-0.2, 0) is 0 Å². The van der Waals surface area contributed by atoms with E-state index in [1.807, 2.05) is 31.2 Å². The molecule has 0 radical (unpaired) electrons. The summed E-state index contributed by atoms with van der Waals surface area (Å²) in [5.74, 6) is 0.447. The number of nitrogen functional groups attached to an aromatic ring is 1. The summed E-state index contributed by atoms with van der Waals surface area (Å²) in [5, 5.41) is 2.85. The van der Waals surface area contributed by atoms with Gasteiger partial charge in [0, 0.05) is 12.6 Å². The zero-order valence-corrected chi connectivity index (χ0v) is 11.2. The minimum absolute atomic E-state index is 0.196. The highest BCUT2D eigenvalue weighted by Gasteiger charge is 2.19. The van der Waals surface area contributed by atoms with Crippen molar-refractivity contribution >= 4 is 11.6 Å². The summed E-state index contributed by atoms with van der Waals surface area (Å²) in [6.45, 7) is 5.33. The molecule has 5 heteroatoms. The highest BCUT2D eigenvalue weighted by molar-refractivity contribution is 5.92. The van der Waals surface area contributed by atoms with Crippen LogP contribution in [0.3, 0.4) is 0 Å². The lowest BCUT2D eigenvalue weighted by atomic mass is 10.1. The molecule has 0 aliphatic rings. The van der Waals surface area contributed by atoms with Crippen LogP contribution in [0.4, 0.5) is 5.69 Å². The fraction of sp³-hybridized carbons (Fsp3) is 0.286. The van der Waals surface area contributed by atoms with Gasteiger partial charge in [-0.3, -0.25) is 4.79 Å². The monoisotopic (exact) mass is 259 g/mol. The number of nitrogens with zero attached hydrogens (tertiary/aromatic N) is 1. The van der Waals surface area contributed by atoms with E-state index in [2.05, 4.69) is 10.3 Å². The third-order valence-corrected chi connectivity index (χ3v) is 2.92. The van der Waals surface area contributed by atoms with Gasteiger partial charge in [0.2, 0.25) is 5.76 Å². The van der Waals surface area contributed by atoms with Gasteiger partial charge in [-0.25, -0.2) is 4.98 Å². The lowest BCUT2D eigenvalue weighted by molar-refractivity contribution is 0.0910. The Morgan fingerprint density at radius 3 is 2.63 bits per heavy atom. The van der Waals surface area contributed by atoms with E-state index >= 15 is 0 Å². The van der Waals surface area contributed by atoms with E-state index in [4.69, 9.17) is 10.2 Å². The molecule has 1 atom stereocenters. The van der Waals surface area contributed by atoms with Gasteiger partial charge in [-0.1, -0.05) is 18.2 Å². The van der Waals surface area contributed by atoms with Crippen LogP contribution in [0.1, 0.15) is 40.7 Å². The van der Waals surface area contributed by atoms with E-state index in [9.17, 15) is 4.79 Å². The van der Waals surface area contributed by atoms with E-state index in [0.29, 0.717) is 17.3 Å². The number of para-hydroxylation sites is 1. The minimum Gasteiger partial charge on any atom is -0.436 e. The molecule has 1 heterocycles. The Bertz CT molecular complexity index is 604. The summed E-state index contributed by atoms with van der Waals surface area (Å²) in [6, 6.07) is 7.24. The van der Waals surface area contributed by atoms with Crippen molar-refractivity contribution in [1.82, 2.24) is 10.3 Å². The van der Waals surface area contributed by atoms with Gasteiger partial charge in [-0.15, -0.1) is 0 Å². The minimum atomic E-state index is -0.283. The Morgan fingerprint density at radius 1 is 1.37 bits per heavy atom. The molecule has 1 aromatic carbocycles. The van der Waals surface area contributed by atoms with Gasteiger partial charge < -0.3 is 15.5 Å². The predicted octanol–water partition coefficient (Wildman–Crippen LogP) is 2.36. The number of amides is 1. The molecule has 1 amide bonds. The van der Waals surface area contributed by atoms with Crippen molar-refractivity contribution in [3.05, 3.63) is 47.2 Å². The molecule has 0 bridgehead atoms. The van der Waals surface area contributed by atoms with Crippen molar-refractivity contribution in [2.45, 2.75) is 26.8 Å². The van der Waals surface area contributed by atoms with E-state index in [1.165, 1.54) is 0 Å². The van der Waals surface area contributed by atoms with Gasteiger partial charge in [0.05, 0.1) is 11.7 Å². The number of anilines is 1. The average Bonchev–Trinajstić information content (AvgIpc) is 2.69. The SMILES string of the molecule is Cc1nc(C)c(C(=O)NC(C)c2ccccc2N)o1. The van der Waals surface area contributed by atoms with Crippen LogP contribution in [0.5, 0.6) is 0 Å². The third-order valence-electron chi connectivity index (χ3n) is 2.92. The number of hydrogen-bond donors (Lipinski definition) is 2. The number of benzene rings is 1. The largest absolute Gasteiger partial charge is 0.436 e. The van der Waals surface area contributed by atoms with Crippen molar-refractivity contribution in [3.8, 4) is 0 Å². The molecule has 19 heavy (non-hydrogen) atoms. The number of carbonyl (C=O) groups excluding carboxylic acids is 1. The van der Waals surface area contributed by atoms with Gasteiger partial charge in [-0.2, -0.15) is 0 Å². The van der Waals surface area contributed by atoms with Crippen LogP contribution >= 0.6 is 0 Å². The van der Waals surface area contributed by atoms with Crippen LogP contribution in [0.25, 0.3) is 0 Å². The summed E-state index contributed by atoms with van der Waals surface area (Å²) in [4.78, 5) is 16.2. The first-order chi connectivity index (χ1) is 8.99. The number of rotatable bonds is 3. The summed E-state index contributed by atoms with van der Waals surface area (Å²) >= 11 is 0. The van der Waals surface area contributed by atoms with Crippen LogP contribution in [0.2, 0.25) is 0 Å². The molecule has 5 nitrogen and oxygen atoms in total. The molecular weight excluding hydrogens is 242 g/mol. The molecule has 0 saturated heterocycles. The maximum Gasteiger partial charge on any atom is 0.289 e. The molecule has 0 aliphatic heterocycles. The molecule has 1 unspecified atom stereocenters. The normalized spacial score (nSPS) is 12.2. The van der Waals surface area contributed by atoms with Crippen molar-refractivity contribution < 1.29 is 9.21 Å². The quantitative estimate of drug-likeness (QED) is 0.829. The van der Waals surface area contributed by atoms with Gasteiger partial charge >= 0.3 is 0 Å². The maximum absolute atomic E-state index is 12.1. The van der Waals surface area contributed by atoms with E-state index in [0.717, 1.165) is 5.56 Å². The first-order valence-corrected chi connectivity index (χ1v) is 6.08. The molecule has 0 saturated carbocycles. The second-order valence-corrected chi connectivity index (χ2v) is 4.47. The van der Waals surface area contributed by atoms with Gasteiger partial charge in [0.1, 0.15) is 0 Å². The molecule has 0 fully saturated rings. The number of carbonyl (C=O) groups is 1. The first kappa shape index (κ1) is 13.1. The topological polar surface area (TPSA) is 81.2 Å². The molecule has 1 aromatic heterocycles. The average molecular weight is 259 g/mol. The first-order valence-electron chi connectivity index (χ1n) is 6.08. The molecular formula is C14H17N3O2. The Morgan fingerprint density at radius 2 is 2.05 bits per heavy atom. The lowest BCUT2D eigenvalue weighted by Crippen LogP contribution is -2.27. The smallest absolute Gasteiger partial charge is 0.289 e. The number of nitrogens with one attached hydrogen (secondary N) is 1. The fourth-order valence-corrected chi connectivity index (χ4v) is 1.99. The van der Waals surface area contributed by atoms with Gasteiger partial charge in [-0.05, 0) is 25.5 Å². The lowest BCUT2D eigenvalue weighted by Gasteiger charge is -2.15. The highest BCUT2D eigenvalue weighted by atomic mass is 16.4. The Kier molecular flexibility index (Phi) is 3.55. The summed E-state index contributed by atoms with van der Waals surface area (Å²) in [6.07, 6.45) is 0. The van der Waals surface area contributed by atoms with Crippen molar-refractivity contribution in [1.29, 1.82) is 0 Å². The molecule has 2 aromatic rings. The van der Waals surface area contributed by atoms with E-state index in [-0.39, 0.29) is 17.7 Å². The predicted molar refractivity (Wildman–Crippen MR) is 72.7 cm³/mol. The molecule has 3 N–H and O–H groups in total. The number of aryl methyl sites for hydroxylation is 2. The van der Waals surface area contributed by atoms with E-state index < -0.39 is 0 Å². The standard InChI is InChI=1S/C14H17N3O2/c1-8(11-6-4-5-7-12(11)15)17-14(18)13-9(2)16-10(3)19-13/h4-8H,15H2,1-3H3,(H,17,18). The second kappa shape index (κ2) is 5.14. The van der Waals surface area contributed by atoms with Crippen molar-refractivity contribution in [3.63, 3.8) is 0 Å². The Balaban J connectivity index is 2.15. The fourth-order valence-electron chi connectivity index (χ4n) is 1.99. The number of nitrogens with two attached hydrogens (primary N) is 1. The highest BCUT2D eigenvalue weighted by Crippen LogP contribution is 2.20. The van der Waals surface area contributed by atoms with Crippen LogP contribution in [0, 0.1) is 13.8 Å². The Labute approximate surface area is 111 Å². The zero-order chi connectivity index (χ0) is 14.0. The summed E-state index contributed by atoms with van der Waals surface area (Å²) in [7, 11) is 0. The van der Waals surface area contributed by atoms with Crippen LogP contribution < -0.4 is 11.1 Å². The summed E-state index contributed by atoms with van der Waals surface area (Å²) < 4.78 is 5.29. The van der Waals surface area contributed by atoms with Gasteiger partial charge in [0.25, 0.3) is 5.91 Å². The molecule has 2 rings (SSSR count). The molecule has 100 valence electrons. The van der Waals surface area contributed by atoms with Crippen molar-refractivity contribution in [2.24, 2.45) is 0 Å². The van der Waals surface area contributed by atoms with Crippen LogP contribution in [-0.4, -0.2) is 10.9 Å². The number of aromatic nitrogens is 1.